The number of carboxylic acids is 1. The lowest BCUT2D eigenvalue weighted by molar-refractivity contribution is -0.146. The summed E-state index contributed by atoms with van der Waals surface area (Å²) >= 11 is 0. The van der Waals surface area contributed by atoms with Crippen molar-refractivity contribution < 1.29 is 24.2 Å². The third-order valence-corrected chi connectivity index (χ3v) is 4.01. The van der Waals surface area contributed by atoms with E-state index >= 15 is 0 Å². The number of likely N-dealkylation sites (tertiary alicyclic amines) is 2. The number of piperidine rings is 1. The number of hydrogen-bond donors (Lipinski definition) is 1. The average molecular weight is 284 g/mol. The molecular weight excluding hydrogens is 264 g/mol. The fourth-order valence-corrected chi connectivity index (χ4v) is 2.91. The van der Waals surface area contributed by atoms with Crippen molar-refractivity contribution in [1.82, 2.24) is 9.80 Å². The van der Waals surface area contributed by atoms with E-state index in [9.17, 15) is 14.4 Å². The van der Waals surface area contributed by atoms with Crippen LogP contribution in [0.4, 0.5) is 4.79 Å². The van der Waals surface area contributed by atoms with E-state index in [-0.39, 0.29) is 12.6 Å². The van der Waals surface area contributed by atoms with Gasteiger partial charge in [-0.05, 0) is 25.7 Å². The third-order valence-electron chi connectivity index (χ3n) is 4.01. The van der Waals surface area contributed by atoms with E-state index in [2.05, 4.69) is 0 Å². The number of urea groups is 1. The smallest absolute Gasteiger partial charge is 0.328 e. The highest BCUT2D eigenvalue weighted by atomic mass is 16.5. The minimum atomic E-state index is -0.867. The number of amides is 2. The minimum absolute atomic E-state index is 0.221. The van der Waals surface area contributed by atoms with Gasteiger partial charge in [0.15, 0.2) is 0 Å². The van der Waals surface area contributed by atoms with Gasteiger partial charge in [-0.25, -0.2) is 9.59 Å². The van der Waals surface area contributed by atoms with Crippen LogP contribution in [0.3, 0.4) is 0 Å². The first-order valence-electron chi connectivity index (χ1n) is 6.90. The van der Waals surface area contributed by atoms with Crippen LogP contribution in [-0.4, -0.2) is 65.7 Å². The number of esters is 1. The molecule has 0 aromatic carbocycles. The Morgan fingerprint density at radius 1 is 1.15 bits per heavy atom. The topological polar surface area (TPSA) is 87.2 Å². The van der Waals surface area contributed by atoms with E-state index in [0.29, 0.717) is 32.4 Å². The van der Waals surface area contributed by atoms with E-state index in [1.807, 2.05) is 0 Å². The van der Waals surface area contributed by atoms with Crippen LogP contribution < -0.4 is 0 Å². The molecule has 2 aliphatic rings. The van der Waals surface area contributed by atoms with Crippen molar-refractivity contribution in [3.05, 3.63) is 0 Å². The van der Waals surface area contributed by atoms with Gasteiger partial charge in [-0.15, -0.1) is 0 Å². The molecule has 2 heterocycles. The zero-order chi connectivity index (χ0) is 14.7. The normalized spacial score (nSPS) is 26.4. The highest BCUT2D eigenvalue weighted by Gasteiger charge is 2.38. The Balaban J connectivity index is 2.02. The summed E-state index contributed by atoms with van der Waals surface area (Å²) in [5.41, 5.74) is 0. The Labute approximate surface area is 117 Å². The first kappa shape index (κ1) is 14.6. The number of rotatable bonds is 2. The second-order valence-electron chi connectivity index (χ2n) is 5.28. The molecule has 0 saturated carbocycles. The quantitative estimate of drug-likeness (QED) is 0.748. The molecule has 7 nitrogen and oxygen atoms in total. The van der Waals surface area contributed by atoms with E-state index in [0.717, 1.165) is 6.42 Å². The van der Waals surface area contributed by atoms with Crippen molar-refractivity contribution in [2.45, 2.75) is 31.7 Å². The van der Waals surface area contributed by atoms with Crippen molar-refractivity contribution in [2.24, 2.45) is 5.92 Å². The maximum Gasteiger partial charge on any atom is 0.328 e. The molecule has 112 valence electrons. The molecule has 1 unspecified atom stereocenters. The van der Waals surface area contributed by atoms with Crippen LogP contribution in [0.5, 0.6) is 0 Å². The Morgan fingerprint density at radius 3 is 2.50 bits per heavy atom. The number of ether oxygens (including phenoxy) is 1. The molecule has 0 bridgehead atoms. The first-order valence-corrected chi connectivity index (χ1v) is 6.90. The van der Waals surface area contributed by atoms with E-state index in [1.165, 1.54) is 12.0 Å². The predicted octanol–water partition coefficient (Wildman–Crippen LogP) is 0.540. The number of aliphatic carboxylic acids is 1. The Kier molecular flexibility index (Phi) is 4.46. The molecular formula is C13H20N2O5. The number of nitrogens with zero attached hydrogens (tertiary/aromatic N) is 2. The van der Waals surface area contributed by atoms with Crippen molar-refractivity contribution >= 4 is 18.0 Å². The van der Waals surface area contributed by atoms with Gasteiger partial charge in [0.2, 0.25) is 0 Å². The molecule has 2 atom stereocenters. The summed E-state index contributed by atoms with van der Waals surface area (Å²) in [4.78, 5) is 38.2. The van der Waals surface area contributed by atoms with Gasteiger partial charge in [0.1, 0.15) is 6.04 Å². The second-order valence-corrected chi connectivity index (χ2v) is 5.28. The van der Waals surface area contributed by atoms with Crippen LogP contribution in [0.2, 0.25) is 0 Å². The maximum atomic E-state index is 12.5. The lowest BCUT2D eigenvalue weighted by Gasteiger charge is -2.35. The standard InChI is InChI=1S/C13H20N2O5/c1-20-12(18)10-5-3-7-15(10)13(19)14-6-2-4-9(8-14)11(16)17/h9-10H,2-8H2,1H3,(H,16,17)/t9-,10?/m0/s1. The van der Waals surface area contributed by atoms with Gasteiger partial charge in [-0.1, -0.05) is 0 Å². The summed E-state index contributed by atoms with van der Waals surface area (Å²) in [7, 11) is 1.31. The Hall–Kier alpha value is -1.79. The predicted molar refractivity (Wildman–Crippen MR) is 69.1 cm³/mol. The number of methoxy groups -OCH3 is 1. The van der Waals surface area contributed by atoms with Crippen LogP contribution in [0.25, 0.3) is 0 Å². The van der Waals surface area contributed by atoms with Crippen LogP contribution in [0.15, 0.2) is 0 Å². The number of carbonyl (C=O) groups is 3. The fraction of sp³-hybridized carbons (Fsp3) is 0.769. The molecule has 2 saturated heterocycles. The summed E-state index contributed by atoms with van der Waals surface area (Å²) in [6.07, 6.45) is 2.65. The van der Waals surface area contributed by atoms with Gasteiger partial charge in [-0.3, -0.25) is 4.79 Å². The average Bonchev–Trinajstić information content (AvgIpc) is 2.95. The van der Waals surface area contributed by atoms with Crippen molar-refractivity contribution in [1.29, 1.82) is 0 Å². The molecule has 2 aliphatic heterocycles. The van der Waals surface area contributed by atoms with Crippen molar-refractivity contribution in [3.8, 4) is 0 Å². The molecule has 2 fully saturated rings. The number of hydrogen-bond acceptors (Lipinski definition) is 4. The van der Waals surface area contributed by atoms with Crippen LogP contribution in [0.1, 0.15) is 25.7 Å². The summed E-state index contributed by atoms with van der Waals surface area (Å²) in [5, 5.41) is 9.06. The van der Waals surface area contributed by atoms with E-state index < -0.39 is 23.9 Å². The number of carbonyl (C=O) groups excluding carboxylic acids is 2. The zero-order valence-corrected chi connectivity index (χ0v) is 11.6. The van der Waals surface area contributed by atoms with Crippen LogP contribution >= 0.6 is 0 Å². The summed E-state index contributed by atoms with van der Waals surface area (Å²) in [5.74, 6) is -1.78. The lowest BCUT2D eigenvalue weighted by atomic mass is 9.98. The van der Waals surface area contributed by atoms with Gasteiger partial charge in [0.25, 0.3) is 0 Å². The molecule has 2 amide bonds. The molecule has 7 heteroatoms. The van der Waals surface area contributed by atoms with Gasteiger partial charge in [-0.2, -0.15) is 0 Å². The van der Waals surface area contributed by atoms with E-state index in [1.54, 1.807) is 4.90 Å². The van der Waals surface area contributed by atoms with Crippen molar-refractivity contribution in [2.75, 3.05) is 26.7 Å². The molecule has 0 radical (unpaired) electrons. The molecule has 2 rings (SSSR count). The van der Waals surface area contributed by atoms with Gasteiger partial charge in [0.05, 0.1) is 13.0 Å². The summed E-state index contributed by atoms with van der Waals surface area (Å²) in [6, 6.07) is -0.776. The highest BCUT2D eigenvalue weighted by Crippen LogP contribution is 2.23. The molecule has 20 heavy (non-hydrogen) atoms. The lowest BCUT2D eigenvalue weighted by Crippen LogP contribution is -2.51. The van der Waals surface area contributed by atoms with Crippen molar-refractivity contribution in [3.63, 3.8) is 0 Å². The molecule has 1 N–H and O–H groups in total. The van der Waals surface area contributed by atoms with Gasteiger partial charge >= 0.3 is 18.0 Å². The summed E-state index contributed by atoms with van der Waals surface area (Å²) < 4.78 is 4.72. The first-order chi connectivity index (χ1) is 9.54. The monoisotopic (exact) mass is 284 g/mol. The van der Waals surface area contributed by atoms with E-state index in [4.69, 9.17) is 9.84 Å². The van der Waals surface area contributed by atoms with Gasteiger partial charge < -0.3 is 19.6 Å². The largest absolute Gasteiger partial charge is 0.481 e. The second kappa shape index (κ2) is 6.11. The molecule has 0 aliphatic carbocycles. The Morgan fingerprint density at radius 2 is 1.85 bits per heavy atom. The minimum Gasteiger partial charge on any atom is -0.481 e. The SMILES string of the molecule is COC(=O)C1CCCN1C(=O)N1CCC[C@H](C(=O)O)C1. The fourth-order valence-electron chi connectivity index (χ4n) is 2.91. The Bertz CT molecular complexity index is 412. The highest BCUT2D eigenvalue weighted by molar-refractivity contribution is 5.84. The van der Waals surface area contributed by atoms with Gasteiger partial charge in [0, 0.05) is 19.6 Å². The van der Waals surface area contributed by atoms with Crippen LogP contribution in [-0.2, 0) is 14.3 Å². The molecule has 0 aromatic heterocycles. The third kappa shape index (κ3) is 2.86. The zero-order valence-electron chi connectivity index (χ0n) is 11.6. The number of carboxylic acid groups (broad SMARTS) is 1. The molecule has 0 aromatic rings. The maximum absolute atomic E-state index is 12.5. The molecule has 0 spiro atoms. The van der Waals surface area contributed by atoms with Crippen LogP contribution in [0, 0.1) is 5.92 Å². The summed E-state index contributed by atoms with van der Waals surface area (Å²) in [6.45, 7) is 1.29.